The van der Waals surface area contributed by atoms with Crippen molar-refractivity contribution in [2.45, 2.75) is 45.6 Å². The minimum absolute atomic E-state index is 0.108. The van der Waals surface area contributed by atoms with Crippen molar-refractivity contribution >= 4 is 0 Å². The van der Waals surface area contributed by atoms with E-state index in [1.807, 2.05) is 20.0 Å². The maximum absolute atomic E-state index is 5.92. The van der Waals surface area contributed by atoms with Crippen molar-refractivity contribution < 1.29 is 0 Å². The molecule has 0 radical (unpaired) electrons. The van der Waals surface area contributed by atoms with Crippen LogP contribution in [0.5, 0.6) is 0 Å². The largest absolute Gasteiger partial charge is 0.344 e. The van der Waals surface area contributed by atoms with Gasteiger partial charge in [0.05, 0.1) is 5.54 Å². The van der Waals surface area contributed by atoms with Gasteiger partial charge in [0.25, 0.3) is 0 Å². The van der Waals surface area contributed by atoms with Gasteiger partial charge in [-0.3, -0.25) is 0 Å². The lowest BCUT2D eigenvalue weighted by Gasteiger charge is -2.18. The number of H-pyrrole nitrogens is 1. The molecule has 0 aliphatic heterocycles. The number of hydrogen-bond donors (Lipinski definition) is 2. The molecule has 3 N–H and O–H groups in total. The molecule has 1 rings (SSSR count). The smallest absolute Gasteiger partial charge is 0.125 e. The third-order valence-electron chi connectivity index (χ3n) is 1.99. The molecule has 0 saturated heterocycles. The minimum Gasteiger partial charge on any atom is -0.344 e. The van der Waals surface area contributed by atoms with Crippen LogP contribution in [0.1, 0.15) is 46.1 Å². The monoisotopic (exact) mass is 181 g/mol. The van der Waals surface area contributed by atoms with E-state index in [-0.39, 0.29) is 11.0 Å². The Labute approximate surface area is 79.8 Å². The fourth-order valence-electron chi connectivity index (χ4n) is 1.03. The van der Waals surface area contributed by atoms with E-state index in [1.54, 1.807) is 0 Å². The van der Waals surface area contributed by atoms with Crippen LogP contribution in [0.4, 0.5) is 0 Å². The third kappa shape index (κ3) is 2.31. The van der Waals surface area contributed by atoms with Gasteiger partial charge >= 0.3 is 0 Å². The van der Waals surface area contributed by atoms with Crippen molar-refractivity contribution in [2.24, 2.45) is 5.73 Å². The fourth-order valence-corrected chi connectivity index (χ4v) is 1.03. The first kappa shape index (κ1) is 10.3. The molecule has 0 aliphatic rings. The summed E-state index contributed by atoms with van der Waals surface area (Å²) in [6.45, 7) is 10.3. The van der Waals surface area contributed by atoms with Gasteiger partial charge in [0.15, 0.2) is 0 Å². The van der Waals surface area contributed by atoms with E-state index in [2.05, 4.69) is 30.7 Å². The zero-order valence-electron chi connectivity index (χ0n) is 9.10. The Bertz CT molecular complexity index is 257. The zero-order valence-corrected chi connectivity index (χ0v) is 9.10. The highest BCUT2D eigenvalue weighted by Gasteiger charge is 2.22. The second kappa shape index (κ2) is 2.84. The van der Waals surface area contributed by atoms with Gasteiger partial charge in [0, 0.05) is 17.3 Å². The summed E-state index contributed by atoms with van der Waals surface area (Å²) in [5, 5.41) is 0. The molecule has 1 aromatic heterocycles. The Kier molecular flexibility index (Phi) is 2.24. The third-order valence-corrected chi connectivity index (χ3v) is 1.99. The highest BCUT2D eigenvalue weighted by molar-refractivity contribution is 5.14. The molecule has 0 saturated carbocycles. The number of hydrogen-bond acceptors (Lipinski definition) is 2. The average molecular weight is 181 g/mol. The van der Waals surface area contributed by atoms with Gasteiger partial charge in [-0.1, -0.05) is 20.8 Å². The van der Waals surface area contributed by atoms with Gasteiger partial charge in [0.1, 0.15) is 5.82 Å². The van der Waals surface area contributed by atoms with E-state index in [0.29, 0.717) is 0 Å². The zero-order chi connectivity index (χ0) is 10.3. The molecular formula is C10H19N3. The van der Waals surface area contributed by atoms with Crippen LogP contribution < -0.4 is 5.73 Å². The van der Waals surface area contributed by atoms with Crippen molar-refractivity contribution in [2.75, 3.05) is 0 Å². The van der Waals surface area contributed by atoms with Gasteiger partial charge in [0.2, 0.25) is 0 Å². The van der Waals surface area contributed by atoms with E-state index < -0.39 is 0 Å². The number of imidazole rings is 1. The van der Waals surface area contributed by atoms with Crippen molar-refractivity contribution in [3.8, 4) is 0 Å². The van der Waals surface area contributed by atoms with Gasteiger partial charge in [-0.2, -0.15) is 0 Å². The lowest BCUT2D eigenvalue weighted by molar-refractivity contribution is 0.510. The van der Waals surface area contributed by atoms with E-state index in [0.717, 1.165) is 11.5 Å². The van der Waals surface area contributed by atoms with Crippen molar-refractivity contribution in [3.05, 3.63) is 17.7 Å². The van der Waals surface area contributed by atoms with Crippen LogP contribution in [0, 0.1) is 0 Å². The topological polar surface area (TPSA) is 54.7 Å². The molecule has 0 spiro atoms. The SMILES string of the molecule is CC(C)(C)c1cnc(C(C)(C)N)[nH]1. The van der Waals surface area contributed by atoms with Crippen LogP contribution in [-0.2, 0) is 11.0 Å². The molecule has 1 heterocycles. The molecular weight excluding hydrogens is 162 g/mol. The summed E-state index contributed by atoms with van der Waals surface area (Å²) in [7, 11) is 0. The average Bonchev–Trinajstić information content (AvgIpc) is 2.28. The van der Waals surface area contributed by atoms with Crippen LogP contribution in [-0.4, -0.2) is 9.97 Å². The predicted molar refractivity (Wildman–Crippen MR) is 54.5 cm³/mol. The van der Waals surface area contributed by atoms with Gasteiger partial charge in [-0.15, -0.1) is 0 Å². The molecule has 3 nitrogen and oxygen atoms in total. The Hall–Kier alpha value is -0.830. The summed E-state index contributed by atoms with van der Waals surface area (Å²) in [6.07, 6.45) is 1.87. The lowest BCUT2D eigenvalue weighted by atomic mass is 9.93. The standard InChI is InChI=1S/C10H19N3/c1-9(2,3)7-6-12-8(13-7)10(4,5)11/h6H,11H2,1-5H3,(H,12,13). The first-order valence-corrected chi connectivity index (χ1v) is 4.56. The highest BCUT2D eigenvalue weighted by atomic mass is 15.0. The maximum atomic E-state index is 5.92. The number of nitrogens with one attached hydrogen (secondary N) is 1. The number of nitrogens with zero attached hydrogens (tertiary/aromatic N) is 1. The molecule has 0 bridgehead atoms. The van der Waals surface area contributed by atoms with Gasteiger partial charge < -0.3 is 10.7 Å². The van der Waals surface area contributed by atoms with Crippen molar-refractivity contribution in [1.82, 2.24) is 9.97 Å². The molecule has 1 aromatic rings. The first-order valence-electron chi connectivity index (χ1n) is 4.56. The number of rotatable bonds is 1. The fraction of sp³-hybridized carbons (Fsp3) is 0.700. The molecule has 13 heavy (non-hydrogen) atoms. The molecule has 74 valence electrons. The second-order valence-electron chi connectivity index (χ2n) is 5.12. The molecule has 0 aliphatic carbocycles. The van der Waals surface area contributed by atoms with Crippen LogP contribution >= 0.6 is 0 Å². The van der Waals surface area contributed by atoms with E-state index in [9.17, 15) is 0 Å². The van der Waals surface area contributed by atoms with Gasteiger partial charge in [-0.05, 0) is 13.8 Å². The summed E-state index contributed by atoms with van der Waals surface area (Å²) in [4.78, 5) is 7.53. The predicted octanol–water partition coefficient (Wildman–Crippen LogP) is 1.90. The minimum atomic E-state index is -0.385. The van der Waals surface area contributed by atoms with Crippen molar-refractivity contribution in [3.63, 3.8) is 0 Å². The molecule has 0 aromatic carbocycles. The molecule has 0 atom stereocenters. The van der Waals surface area contributed by atoms with E-state index in [1.165, 1.54) is 0 Å². The molecule has 0 unspecified atom stereocenters. The summed E-state index contributed by atoms with van der Waals surface area (Å²) < 4.78 is 0. The Morgan fingerprint density at radius 2 is 1.77 bits per heavy atom. The first-order chi connectivity index (χ1) is 5.71. The number of aromatic amines is 1. The summed E-state index contributed by atoms with van der Waals surface area (Å²) in [6, 6.07) is 0. The normalized spacial score (nSPS) is 13.4. The Morgan fingerprint density at radius 3 is 2.00 bits per heavy atom. The maximum Gasteiger partial charge on any atom is 0.125 e. The van der Waals surface area contributed by atoms with E-state index in [4.69, 9.17) is 5.73 Å². The Morgan fingerprint density at radius 1 is 1.23 bits per heavy atom. The van der Waals surface area contributed by atoms with Crippen LogP contribution in [0.2, 0.25) is 0 Å². The quantitative estimate of drug-likeness (QED) is 0.695. The Balaban J connectivity index is 3.01. The number of nitrogens with two attached hydrogens (primary N) is 1. The van der Waals surface area contributed by atoms with Gasteiger partial charge in [-0.25, -0.2) is 4.98 Å². The molecule has 3 heteroatoms. The van der Waals surface area contributed by atoms with Crippen LogP contribution in [0.3, 0.4) is 0 Å². The summed E-state index contributed by atoms with van der Waals surface area (Å²) in [5.41, 5.74) is 6.77. The highest BCUT2D eigenvalue weighted by Crippen LogP contribution is 2.22. The summed E-state index contributed by atoms with van der Waals surface area (Å²) in [5.74, 6) is 0.845. The van der Waals surface area contributed by atoms with Crippen LogP contribution in [0.15, 0.2) is 6.20 Å². The number of aromatic nitrogens is 2. The van der Waals surface area contributed by atoms with Crippen molar-refractivity contribution in [1.29, 1.82) is 0 Å². The lowest BCUT2D eigenvalue weighted by Crippen LogP contribution is -2.30. The van der Waals surface area contributed by atoms with E-state index >= 15 is 0 Å². The second-order valence-corrected chi connectivity index (χ2v) is 5.12. The molecule has 0 amide bonds. The molecule has 0 fully saturated rings. The van der Waals surface area contributed by atoms with Crippen LogP contribution in [0.25, 0.3) is 0 Å². The summed E-state index contributed by atoms with van der Waals surface area (Å²) >= 11 is 0.